The molecule has 0 spiro atoms. The van der Waals surface area contributed by atoms with Crippen molar-refractivity contribution in [2.24, 2.45) is 11.5 Å². The Hall–Kier alpha value is -7.50. The van der Waals surface area contributed by atoms with Gasteiger partial charge in [-0.1, -0.05) is 0 Å². The summed E-state index contributed by atoms with van der Waals surface area (Å²) in [5.74, 6) is -16.5. The van der Waals surface area contributed by atoms with E-state index in [0.717, 1.165) is 0 Å². The van der Waals surface area contributed by atoms with Crippen LogP contribution in [-0.2, 0) is 71.9 Å². The molecule has 0 aromatic rings. The van der Waals surface area contributed by atoms with Crippen LogP contribution in [-0.4, -0.2) is 178 Å². The number of carbonyl (C=O) groups excluding carboxylic acids is 9. The molecule has 0 aliphatic heterocycles. The van der Waals surface area contributed by atoms with E-state index in [2.05, 4.69) is 42.5 Å². The summed E-state index contributed by atoms with van der Waals surface area (Å²) in [7, 11) is 0. The monoisotopic (exact) mass is 990 g/mol. The van der Waals surface area contributed by atoms with Gasteiger partial charge in [-0.25, -0.2) is 0 Å². The predicted molar refractivity (Wildman–Crippen MR) is 231 cm³/mol. The first-order valence-corrected chi connectivity index (χ1v) is 21.3. The lowest BCUT2D eigenvalue weighted by Crippen LogP contribution is -2.59. The summed E-state index contributed by atoms with van der Waals surface area (Å²) < 4.78 is 5.14. The van der Waals surface area contributed by atoms with Gasteiger partial charge in [0, 0.05) is 45.6 Å². The maximum absolute atomic E-state index is 13.7. The van der Waals surface area contributed by atoms with Crippen molar-refractivity contribution in [3.63, 3.8) is 0 Å². The minimum Gasteiger partial charge on any atom is -0.481 e. The van der Waals surface area contributed by atoms with Crippen molar-refractivity contribution < 1.29 is 97.4 Å². The van der Waals surface area contributed by atoms with Gasteiger partial charge in [0.1, 0.15) is 42.9 Å². The molecule has 30 heteroatoms. The third-order valence-electron chi connectivity index (χ3n) is 9.32. The van der Waals surface area contributed by atoms with Crippen molar-refractivity contribution >= 4 is 83.0 Å². The zero-order valence-corrected chi connectivity index (χ0v) is 37.7. The minimum absolute atomic E-state index is 0.0196. The van der Waals surface area contributed by atoms with Crippen molar-refractivity contribution in [3.05, 3.63) is 0 Å². The van der Waals surface area contributed by atoms with E-state index in [1.807, 2.05) is 0 Å². The van der Waals surface area contributed by atoms with E-state index in [1.165, 1.54) is 6.92 Å². The van der Waals surface area contributed by atoms with Crippen LogP contribution >= 0.6 is 0 Å². The average Bonchev–Trinajstić information content (AvgIpc) is 3.25. The number of nitrogens with one attached hydrogen (secondary N) is 8. The summed E-state index contributed by atoms with van der Waals surface area (Å²) >= 11 is 0. The number of nitrogens with two attached hydrogens (primary N) is 2. The molecule has 0 heterocycles. The second kappa shape index (κ2) is 33.9. The van der Waals surface area contributed by atoms with Gasteiger partial charge < -0.3 is 84.3 Å². The van der Waals surface area contributed by atoms with Crippen molar-refractivity contribution in [1.29, 1.82) is 0 Å². The standard InChI is InChI=1S/C39H62N10O20/c1-20(50)43-18-27(51)42-16-17-69-19-28(52)44-22(5-10-29(53)54)35(64)46-24(7-12-31(57)58)37(66)48-26(9-14-33(61)62)39(68)49-25(8-13-32(59)60)38(67)47-23(6-11-30(55)56)36(65)45-21(34(41)63)4-2-3-15-40/h21-26H,2-19,40H2,1H3,(H2,41,63)(H,42,51)(H,43,50)(H,44,52)(H,45,65)(H,46,64)(H,47,67)(H,48,66)(H,49,68)(H,53,54)(H,55,56)(H,57,58)(H,59,60)(H,61,62)/t21-,22-,23-,24-,25-,26-/m1/s1. The molecule has 0 unspecified atom stereocenters. The van der Waals surface area contributed by atoms with E-state index in [0.29, 0.717) is 12.8 Å². The van der Waals surface area contributed by atoms with Gasteiger partial charge in [0.2, 0.25) is 53.2 Å². The van der Waals surface area contributed by atoms with Gasteiger partial charge in [0.15, 0.2) is 0 Å². The van der Waals surface area contributed by atoms with Crippen LogP contribution in [0.1, 0.15) is 90.4 Å². The number of primary amides is 1. The maximum Gasteiger partial charge on any atom is 0.303 e. The third kappa shape index (κ3) is 29.7. The number of hydrogen-bond acceptors (Lipinski definition) is 16. The third-order valence-corrected chi connectivity index (χ3v) is 9.32. The number of carboxylic acid groups (broad SMARTS) is 5. The first kappa shape index (κ1) is 61.5. The van der Waals surface area contributed by atoms with Gasteiger partial charge in [-0.05, 0) is 57.9 Å². The molecule has 0 rings (SSSR count). The highest BCUT2D eigenvalue weighted by Gasteiger charge is 2.34. The van der Waals surface area contributed by atoms with Gasteiger partial charge in [0.05, 0.1) is 13.2 Å². The van der Waals surface area contributed by atoms with Gasteiger partial charge in [-0.15, -0.1) is 0 Å². The lowest BCUT2D eigenvalue weighted by Gasteiger charge is -2.27. The Morgan fingerprint density at radius 1 is 0.449 bits per heavy atom. The molecular weight excluding hydrogens is 928 g/mol. The molecule has 9 amide bonds. The molecule has 0 aliphatic rings. The first-order chi connectivity index (χ1) is 32.4. The topological polar surface area (TPSA) is 498 Å². The van der Waals surface area contributed by atoms with E-state index in [9.17, 15) is 92.7 Å². The van der Waals surface area contributed by atoms with E-state index < -0.39 is 190 Å². The average molecular weight is 991 g/mol. The van der Waals surface area contributed by atoms with Gasteiger partial charge in [-0.3, -0.25) is 67.1 Å². The van der Waals surface area contributed by atoms with E-state index in [4.69, 9.17) is 16.2 Å². The fraction of sp³-hybridized carbons (Fsp3) is 0.641. The minimum atomic E-state index is -1.93. The lowest BCUT2D eigenvalue weighted by atomic mass is 10.0. The summed E-state index contributed by atoms with van der Waals surface area (Å²) in [5.41, 5.74) is 10.9. The summed E-state index contributed by atoms with van der Waals surface area (Å²) in [6, 6.07) is -10.4. The van der Waals surface area contributed by atoms with E-state index in [1.54, 1.807) is 0 Å². The molecule has 69 heavy (non-hydrogen) atoms. The van der Waals surface area contributed by atoms with Crippen LogP contribution in [0.5, 0.6) is 0 Å². The smallest absolute Gasteiger partial charge is 0.303 e. The highest BCUT2D eigenvalue weighted by Crippen LogP contribution is 2.09. The molecular formula is C39H62N10O20. The van der Waals surface area contributed by atoms with Crippen LogP contribution in [0, 0.1) is 0 Å². The molecule has 6 atom stereocenters. The number of unbranched alkanes of at least 4 members (excludes halogenated alkanes) is 1. The van der Waals surface area contributed by atoms with Crippen LogP contribution < -0.4 is 54.0 Å². The van der Waals surface area contributed by atoms with Crippen molar-refractivity contribution in [1.82, 2.24) is 42.5 Å². The Labute approximate surface area is 393 Å². The zero-order chi connectivity index (χ0) is 52.6. The number of amides is 9. The molecule has 0 bridgehead atoms. The summed E-state index contributed by atoms with van der Waals surface area (Å²) in [5, 5.41) is 64.5. The zero-order valence-electron chi connectivity index (χ0n) is 37.7. The summed E-state index contributed by atoms with van der Waals surface area (Å²) in [6.45, 7) is 0.0440. The quantitative estimate of drug-likeness (QED) is 0.0256. The predicted octanol–water partition coefficient (Wildman–Crippen LogP) is -5.90. The molecule has 17 N–H and O–H groups in total. The van der Waals surface area contributed by atoms with Crippen molar-refractivity contribution in [3.8, 4) is 0 Å². The van der Waals surface area contributed by atoms with Gasteiger partial charge in [0.25, 0.3) is 0 Å². The van der Waals surface area contributed by atoms with E-state index >= 15 is 0 Å². The molecule has 0 fully saturated rings. The number of ether oxygens (including phenoxy) is 1. The largest absolute Gasteiger partial charge is 0.481 e. The highest BCUT2D eigenvalue weighted by atomic mass is 16.5. The van der Waals surface area contributed by atoms with Crippen LogP contribution in [0.2, 0.25) is 0 Å². The molecule has 0 aliphatic carbocycles. The highest BCUT2D eigenvalue weighted by molar-refractivity contribution is 5.97. The number of hydrogen-bond donors (Lipinski definition) is 15. The normalized spacial score (nSPS) is 13.2. The summed E-state index contributed by atoms with van der Waals surface area (Å²) in [6.07, 6.45) is -6.40. The van der Waals surface area contributed by atoms with Crippen LogP contribution in [0.3, 0.4) is 0 Å². The Balaban J connectivity index is 6.46. The Kier molecular flexibility index (Phi) is 30.2. The number of carbonyl (C=O) groups is 14. The molecule has 388 valence electrons. The van der Waals surface area contributed by atoms with Crippen LogP contribution in [0.4, 0.5) is 0 Å². The second-order valence-electron chi connectivity index (χ2n) is 15.1. The van der Waals surface area contributed by atoms with Crippen molar-refractivity contribution in [2.75, 3.05) is 32.8 Å². The van der Waals surface area contributed by atoms with Gasteiger partial charge in [-0.2, -0.15) is 0 Å². The number of carboxylic acids is 5. The Bertz CT molecular complexity index is 1850. The first-order valence-electron chi connectivity index (χ1n) is 21.3. The number of rotatable bonds is 38. The van der Waals surface area contributed by atoms with Crippen molar-refractivity contribution in [2.45, 2.75) is 127 Å². The maximum atomic E-state index is 13.7. The molecule has 0 aromatic carbocycles. The van der Waals surface area contributed by atoms with Gasteiger partial charge >= 0.3 is 29.8 Å². The lowest BCUT2D eigenvalue weighted by molar-refractivity contribution is -0.141. The molecule has 30 nitrogen and oxygen atoms in total. The second-order valence-corrected chi connectivity index (χ2v) is 15.1. The SMILES string of the molecule is CC(=O)NCC(=O)NCCOCC(=O)N[C@H](CCC(=O)O)C(=O)N[C@H](CCC(=O)O)C(=O)N[C@H](CCC(=O)O)C(=O)N[C@H](CCC(=O)O)C(=O)N[C@H](CCC(=O)O)C(=O)N[C@H](CCCCN)C(N)=O. The Morgan fingerprint density at radius 2 is 0.783 bits per heavy atom. The molecule has 0 radical (unpaired) electrons. The van der Waals surface area contributed by atoms with Crippen LogP contribution in [0.25, 0.3) is 0 Å². The molecule has 0 saturated heterocycles. The Morgan fingerprint density at radius 3 is 1.09 bits per heavy atom. The fourth-order valence-corrected chi connectivity index (χ4v) is 5.75. The number of aliphatic carboxylic acids is 5. The molecule has 0 saturated carbocycles. The van der Waals surface area contributed by atoms with E-state index in [-0.39, 0.29) is 32.7 Å². The summed E-state index contributed by atoms with van der Waals surface area (Å²) in [4.78, 5) is 173. The van der Waals surface area contributed by atoms with Crippen LogP contribution in [0.15, 0.2) is 0 Å². The molecule has 0 aromatic heterocycles. The fourth-order valence-electron chi connectivity index (χ4n) is 5.75.